The van der Waals surface area contributed by atoms with Crippen LogP contribution in [0.2, 0.25) is 0 Å². The molecule has 0 aromatic heterocycles. The van der Waals surface area contributed by atoms with Gasteiger partial charge in [0.1, 0.15) is 29.5 Å². The number of thioether (sulfide) groups is 1. The number of hydrogen-bond acceptors (Lipinski definition) is 9. The van der Waals surface area contributed by atoms with Gasteiger partial charge in [-0.25, -0.2) is 0 Å². The third-order valence-electron chi connectivity index (χ3n) is 5.86. The Morgan fingerprint density at radius 3 is 1.33 bits per heavy atom. The Balaban J connectivity index is 5.39. The summed E-state index contributed by atoms with van der Waals surface area (Å²) in [5.41, 5.74) is -1.09. The summed E-state index contributed by atoms with van der Waals surface area (Å²) in [6, 6.07) is 0. The summed E-state index contributed by atoms with van der Waals surface area (Å²) in [4.78, 5) is 49.0. The fourth-order valence-corrected chi connectivity index (χ4v) is 3.95. The Labute approximate surface area is 240 Å². The van der Waals surface area contributed by atoms with Crippen LogP contribution < -0.4 is 5.32 Å². The van der Waals surface area contributed by atoms with Gasteiger partial charge in [0.15, 0.2) is 0 Å². The van der Waals surface area contributed by atoms with Gasteiger partial charge in [0.05, 0.1) is 46.2 Å². The normalized spacial score (nSPS) is 12.1. The maximum atomic E-state index is 12.9. The van der Waals surface area contributed by atoms with Gasteiger partial charge in [0.2, 0.25) is 5.91 Å². The van der Waals surface area contributed by atoms with Crippen molar-refractivity contribution in [3.8, 4) is 0 Å². The van der Waals surface area contributed by atoms with E-state index < -0.39 is 5.54 Å². The van der Waals surface area contributed by atoms with Crippen LogP contribution in [0.1, 0.15) is 74.7 Å². The lowest BCUT2D eigenvalue weighted by Crippen LogP contribution is -2.59. The smallest absolute Gasteiger partial charge is 0.246 e. The minimum absolute atomic E-state index is 0.0313. The van der Waals surface area contributed by atoms with E-state index in [1.807, 2.05) is 41.5 Å². The average Bonchev–Trinajstić information content (AvgIpc) is 2.85. The van der Waals surface area contributed by atoms with Crippen molar-refractivity contribution in [2.45, 2.75) is 85.4 Å². The van der Waals surface area contributed by atoms with Crippen molar-refractivity contribution in [2.24, 2.45) is 17.8 Å². The summed E-state index contributed by atoms with van der Waals surface area (Å²) in [7, 11) is 0. The summed E-state index contributed by atoms with van der Waals surface area (Å²) < 4.78 is 23.1. The number of nitrogens with one attached hydrogen (secondary N) is 1. The maximum Gasteiger partial charge on any atom is 0.246 e. The second-order valence-corrected chi connectivity index (χ2v) is 12.8. The molecular formula is C29H53NO8S. The van der Waals surface area contributed by atoms with Crippen molar-refractivity contribution in [1.82, 2.24) is 5.32 Å². The Hall–Kier alpha value is -1.33. The number of ketones is 3. The van der Waals surface area contributed by atoms with Crippen LogP contribution >= 0.6 is 11.8 Å². The highest BCUT2D eigenvalue weighted by Gasteiger charge is 2.34. The quantitative estimate of drug-likeness (QED) is 0.162. The number of Topliss-reactive ketones (excluding diaryl/α,β-unsaturated/α-hetero) is 3. The van der Waals surface area contributed by atoms with E-state index in [1.165, 1.54) is 0 Å². The van der Waals surface area contributed by atoms with Crippen LogP contribution in [0.15, 0.2) is 0 Å². The zero-order chi connectivity index (χ0) is 29.8. The van der Waals surface area contributed by atoms with E-state index in [9.17, 15) is 19.2 Å². The Kier molecular flexibility index (Phi) is 20.7. The monoisotopic (exact) mass is 575 g/mol. The summed E-state index contributed by atoms with van der Waals surface area (Å²) in [6.07, 6.45) is 0.767. The average molecular weight is 576 g/mol. The molecule has 0 aromatic rings. The van der Waals surface area contributed by atoms with Crippen molar-refractivity contribution >= 4 is 35.0 Å². The molecule has 1 amide bonds. The first-order chi connectivity index (χ1) is 18.3. The van der Waals surface area contributed by atoms with Crippen LogP contribution in [0.4, 0.5) is 0 Å². The van der Waals surface area contributed by atoms with E-state index in [4.69, 9.17) is 18.9 Å². The molecule has 0 spiro atoms. The third kappa shape index (κ3) is 19.4. The zero-order valence-electron chi connectivity index (χ0n) is 25.5. The molecule has 10 heteroatoms. The number of rotatable bonds is 25. The van der Waals surface area contributed by atoms with Crippen LogP contribution in [0.25, 0.3) is 0 Å². The molecule has 0 radical (unpaired) electrons. The van der Waals surface area contributed by atoms with Crippen molar-refractivity contribution in [3.63, 3.8) is 0 Å². The molecule has 0 bridgehead atoms. The summed E-state index contributed by atoms with van der Waals surface area (Å²) in [5.74, 6) is 0.421. The lowest BCUT2D eigenvalue weighted by atomic mass is 10.0. The van der Waals surface area contributed by atoms with Crippen LogP contribution in [-0.4, -0.2) is 92.7 Å². The van der Waals surface area contributed by atoms with Crippen molar-refractivity contribution in [3.05, 3.63) is 0 Å². The lowest BCUT2D eigenvalue weighted by Gasteiger charge is -2.34. The summed E-state index contributed by atoms with van der Waals surface area (Å²) >= 11 is 1.75. The molecule has 9 nitrogen and oxygen atoms in total. The molecule has 0 fully saturated rings. The van der Waals surface area contributed by atoms with Gasteiger partial charge in [0, 0.05) is 42.8 Å². The molecule has 0 aliphatic rings. The number of hydrogen-bond donors (Lipinski definition) is 1. The number of amides is 1. The largest absolute Gasteiger partial charge is 0.378 e. The molecule has 0 aliphatic heterocycles. The first kappa shape index (κ1) is 37.7. The van der Waals surface area contributed by atoms with Gasteiger partial charge in [-0.2, -0.15) is 11.8 Å². The van der Waals surface area contributed by atoms with Crippen LogP contribution in [0, 0.1) is 17.8 Å². The molecule has 0 atom stereocenters. The Morgan fingerprint density at radius 1 is 0.615 bits per heavy atom. The van der Waals surface area contributed by atoms with Crippen molar-refractivity contribution in [1.29, 1.82) is 0 Å². The topological polar surface area (TPSA) is 117 Å². The van der Waals surface area contributed by atoms with Gasteiger partial charge in [-0.1, -0.05) is 55.4 Å². The lowest BCUT2D eigenvalue weighted by molar-refractivity contribution is -0.134. The summed E-state index contributed by atoms with van der Waals surface area (Å²) in [5, 5.41) is 3.44. The molecule has 0 aromatic carbocycles. The molecule has 39 heavy (non-hydrogen) atoms. The van der Waals surface area contributed by atoms with Crippen LogP contribution in [-0.2, 0) is 38.1 Å². The second kappa shape index (κ2) is 21.4. The molecule has 0 unspecified atom stereocenters. The molecule has 0 saturated heterocycles. The molecule has 0 heterocycles. The van der Waals surface area contributed by atoms with Gasteiger partial charge in [-0.15, -0.1) is 0 Å². The van der Waals surface area contributed by atoms with Gasteiger partial charge in [-0.05, 0) is 5.25 Å². The Morgan fingerprint density at radius 2 is 1.00 bits per heavy atom. The van der Waals surface area contributed by atoms with Gasteiger partial charge in [0.25, 0.3) is 0 Å². The second-order valence-electron chi connectivity index (χ2n) is 11.1. The molecule has 0 saturated carbocycles. The van der Waals surface area contributed by atoms with Crippen LogP contribution in [0.5, 0.6) is 0 Å². The molecule has 0 rings (SSSR count). The van der Waals surface area contributed by atoms with E-state index in [2.05, 4.69) is 19.2 Å². The number of ether oxygens (including phenoxy) is 4. The highest BCUT2D eigenvalue weighted by atomic mass is 32.2. The molecular weight excluding hydrogens is 522 g/mol. The predicted molar refractivity (Wildman–Crippen MR) is 155 cm³/mol. The molecule has 228 valence electrons. The van der Waals surface area contributed by atoms with Crippen molar-refractivity contribution in [2.75, 3.05) is 58.6 Å². The number of carbonyl (C=O) groups excluding carboxylic acids is 4. The van der Waals surface area contributed by atoms with E-state index >= 15 is 0 Å². The summed E-state index contributed by atoms with van der Waals surface area (Å²) in [6.45, 7) is 16.2. The highest BCUT2D eigenvalue weighted by Crippen LogP contribution is 2.13. The fraction of sp³-hybridized carbons (Fsp3) is 0.862. The van der Waals surface area contributed by atoms with E-state index in [1.54, 1.807) is 11.8 Å². The zero-order valence-corrected chi connectivity index (χ0v) is 26.3. The van der Waals surface area contributed by atoms with Crippen LogP contribution in [0.3, 0.4) is 0 Å². The minimum atomic E-state index is -1.09. The van der Waals surface area contributed by atoms with E-state index in [0.717, 1.165) is 5.75 Å². The van der Waals surface area contributed by atoms with E-state index in [0.29, 0.717) is 11.9 Å². The first-order valence-electron chi connectivity index (χ1n) is 14.1. The van der Waals surface area contributed by atoms with Crippen molar-refractivity contribution < 1.29 is 38.1 Å². The van der Waals surface area contributed by atoms with Gasteiger partial charge < -0.3 is 24.3 Å². The third-order valence-corrected chi connectivity index (χ3v) is 6.93. The Bertz CT molecular complexity index is 655. The SMILES string of the molecule is CC(C)SCCOCC(=O)NC(COCCC(=O)C(C)C)(COCCC(=O)C(C)C)COCCC(=O)C(C)C. The molecule has 1 N–H and O–H groups in total. The first-order valence-corrected chi connectivity index (χ1v) is 15.2. The maximum absolute atomic E-state index is 12.9. The number of carbonyl (C=O) groups is 4. The molecule has 0 aliphatic carbocycles. The minimum Gasteiger partial charge on any atom is -0.378 e. The highest BCUT2D eigenvalue weighted by molar-refractivity contribution is 7.99. The van der Waals surface area contributed by atoms with E-state index in [-0.39, 0.29) is 107 Å². The predicted octanol–water partition coefficient (Wildman–Crippen LogP) is 3.90. The standard InChI is InChI=1S/C29H53NO8S/c1-21(2)25(31)9-12-36-18-29(19-37-13-10-26(32)22(3)4,20-38-14-11-27(33)23(5)6)30-28(34)17-35-15-16-39-24(7)8/h21-24H,9-20H2,1-8H3,(H,30,34). The van der Waals surface area contributed by atoms with Gasteiger partial charge in [-0.3, -0.25) is 19.2 Å². The fourth-order valence-electron chi connectivity index (χ4n) is 3.26. The van der Waals surface area contributed by atoms with Gasteiger partial charge >= 0.3 is 0 Å².